The molecule has 1 aliphatic rings. The van der Waals surface area contributed by atoms with Gasteiger partial charge >= 0.3 is 0 Å². The zero-order valence-corrected chi connectivity index (χ0v) is 14.6. The van der Waals surface area contributed by atoms with Crippen molar-refractivity contribution in [3.05, 3.63) is 34.9 Å². The first-order chi connectivity index (χ1) is 10.2. The van der Waals surface area contributed by atoms with Crippen molar-refractivity contribution < 1.29 is 13.2 Å². The Labute approximate surface area is 133 Å². The Bertz CT molecular complexity index is 644. The lowest BCUT2D eigenvalue weighted by Gasteiger charge is -2.30. The van der Waals surface area contributed by atoms with Crippen LogP contribution < -0.4 is 0 Å². The van der Waals surface area contributed by atoms with E-state index in [0.717, 1.165) is 11.1 Å². The molecule has 1 atom stereocenters. The molecule has 0 radical (unpaired) electrons. The smallest absolute Gasteiger partial charge is 0.254 e. The molecule has 122 valence electrons. The number of nitrogens with zero attached hydrogens (tertiary/aromatic N) is 1. The van der Waals surface area contributed by atoms with Crippen molar-refractivity contribution in [1.29, 1.82) is 0 Å². The van der Waals surface area contributed by atoms with Gasteiger partial charge in [-0.2, -0.15) is 0 Å². The van der Waals surface area contributed by atoms with Gasteiger partial charge in [-0.25, -0.2) is 8.42 Å². The molecule has 22 heavy (non-hydrogen) atoms. The van der Waals surface area contributed by atoms with E-state index in [9.17, 15) is 13.2 Å². The normalized spacial score (nSPS) is 20.3. The van der Waals surface area contributed by atoms with Crippen molar-refractivity contribution in [2.45, 2.75) is 40.2 Å². The summed E-state index contributed by atoms with van der Waals surface area (Å²) in [5.74, 6) is 0.531. The fourth-order valence-electron chi connectivity index (χ4n) is 3.08. The highest BCUT2D eigenvalue weighted by Crippen LogP contribution is 2.22. The molecule has 0 spiro atoms. The van der Waals surface area contributed by atoms with Crippen LogP contribution in [0.15, 0.2) is 18.2 Å². The monoisotopic (exact) mass is 323 g/mol. The number of benzene rings is 1. The molecule has 4 nitrogen and oxygen atoms in total. The van der Waals surface area contributed by atoms with Gasteiger partial charge in [-0.05, 0) is 38.3 Å². The van der Waals surface area contributed by atoms with Crippen LogP contribution >= 0.6 is 0 Å². The second-order valence-electron chi connectivity index (χ2n) is 6.78. The average Bonchev–Trinajstić information content (AvgIpc) is 2.74. The van der Waals surface area contributed by atoms with Gasteiger partial charge < -0.3 is 4.90 Å². The molecule has 0 aromatic heterocycles. The van der Waals surface area contributed by atoms with Crippen LogP contribution in [0.4, 0.5) is 0 Å². The first-order valence-corrected chi connectivity index (χ1v) is 9.60. The minimum absolute atomic E-state index is 0.0531. The van der Waals surface area contributed by atoms with E-state index >= 15 is 0 Å². The Morgan fingerprint density at radius 3 is 2.27 bits per heavy atom. The zero-order valence-electron chi connectivity index (χ0n) is 13.8. The molecule has 1 unspecified atom stereocenters. The van der Waals surface area contributed by atoms with Crippen molar-refractivity contribution in [1.82, 2.24) is 4.90 Å². The van der Waals surface area contributed by atoms with Gasteiger partial charge in [0.25, 0.3) is 5.91 Å². The minimum atomic E-state index is -3.00. The topological polar surface area (TPSA) is 54.5 Å². The van der Waals surface area contributed by atoms with Crippen LogP contribution in [0.25, 0.3) is 0 Å². The molecule has 1 fully saturated rings. The summed E-state index contributed by atoms with van der Waals surface area (Å²) in [5.41, 5.74) is 2.75. The first-order valence-electron chi connectivity index (χ1n) is 7.77. The van der Waals surface area contributed by atoms with Gasteiger partial charge in [0.05, 0.1) is 11.5 Å². The van der Waals surface area contributed by atoms with Crippen LogP contribution in [0, 0.1) is 19.8 Å². The highest BCUT2D eigenvalue weighted by Gasteiger charge is 2.35. The molecule has 2 rings (SSSR count). The number of amides is 1. The number of carbonyl (C=O) groups excluding carboxylic acids is 1. The lowest BCUT2D eigenvalue weighted by molar-refractivity contribution is 0.0672. The minimum Gasteiger partial charge on any atom is -0.334 e. The predicted molar refractivity (Wildman–Crippen MR) is 88.8 cm³/mol. The van der Waals surface area contributed by atoms with Crippen LogP contribution in [0.5, 0.6) is 0 Å². The molecule has 1 aromatic carbocycles. The summed E-state index contributed by atoms with van der Waals surface area (Å²) in [7, 11) is -3.00. The highest BCUT2D eigenvalue weighted by molar-refractivity contribution is 7.91. The molecule has 1 aromatic rings. The third-order valence-corrected chi connectivity index (χ3v) is 5.69. The molecular formula is C17H25NO3S. The molecule has 0 bridgehead atoms. The van der Waals surface area contributed by atoms with E-state index in [-0.39, 0.29) is 23.5 Å². The van der Waals surface area contributed by atoms with E-state index < -0.39 is 9.84 Å². The fourth-order valence-corrected chi connectivity index (χ4v) is 4.81. The lowest BCUT2D eigenvalue weighted by atomic mass is 10.0. The van der Waals surface area contributed by atoms with E-state index in [1.165, 1.54) is 0 Å². The Morgan fingerprint density at radius 2 is 1.82 bits per heavy atom. The number of rotatable bonds is 4. The maximum Gasteiger partial charge on any atom is 0.254 e. The van der Waals surface area contributed by atoms with Gasteiger partial charge in [-0.15, -0.1) is 0 Å². The SMILES string of the molecule is Cc1cc(C)cc(C(=O)N(CC(C)C)C2CCS(=O)(=O)C2)c1. The first kappa shape index (κ1) is 17.0. The molecule has 1 amide bonds. The number of sulfone groups is 1. The Balaban J connectivity index is 2.30. The van der Waals surface area contributed by atoms with Gasteiger partial charge in [0.2, 0.25) is 0 Å². The summed E-state index contributed by atoms with van der Waals surface area (Å²) in [6.07, 6.45) is 0.547. The average molecular weight is 323 g/mol. The Hall–Kier alpha value is -1.36. The van der Waals surface area contributed by atoms with E-state index in [1.807, 2.05) is 45.9 Å². The molecule has 1 heterocycles. The molecular weight excluding hydrogens is 298 g/mol. The zero-order chi connectivity index (χ0) is 16.5. The fraction of sp³-hybridized carbons (Fsp3) is 0.588. The number of aryl methyl sites for hydroxylation is 2. The number of hydrogen-bond acceptors (Lipinski definition) is 3. The summed E-state index contributed by atoms with van der Waals surface area (Å²) in [6.45, 7) is 8.62. The van der Waals surface area contributed by atoms with Crippen molar-refractivity contribution in [2.75, 3.05) is 18.1 Å². The van der Waals surface area contributed by atoms with Gasteiger partial charge in [-0.1, -0.05) is 31.0 Å². The molecule has 1 aliphatic heterocycles. The van der Waals surface area contributed by atoms with E-state index in [0.29, 0.717) is 24.4 Å². The van der Waals surface area contributed by atoms with Gasteiger partial charge in [0.15, 0.2) is 9.84 Å². The van der Waals surface area contributed by atoms with E-state index in [2.05, 4.69) is 0 Å². The second kappa shape index (κ2) is 6.41. The molecule has 1 saturated heterocycles. The van der Waals surface area contributed by atoms with Crippen LogP contribution in [0.3, 0.4) is 0 Å². The van der Waals surface area contributed by atoms with Crippen LogP contribution in [-0.2, 0) is 9.84 Å². The largest absolute Gasteiger partial charge is 0.334 e. The highest BCUT2D eigenvalue weighted by atomic mass is 32.2. The van der Waals surface area contributed by atoms with Crippen LogP contribution in [-0.4, -0.2) is 43.3 Å². The van der Waals surface area contributed by atoms with Gasteiger partial charge in [0.1, 0.15) is 0 Å². The summed E-state index contributed by atoms with van der Waals surface area (Å²) >= 11 is 0. The van der Waals surface area contributed by atoms with Crippen molar-refractivity contribution in [3.63, 3.8) is 0 Å². The van der Waals surface area contributed by atoms with Crippen LogP contribution in [0.2, 0.25) is 0 Å². The van der Waals surface area contributed by atoms with Crippen molar-refractivity contribution >= 4 is 15.7 Å². The predicted octanol–water partition coefficient (Wildman–Crippen LogP) is 2.59. The quantitative estimate of drug-likeness (QED) is 0.856. The second-order valence-corrected chi connectivity index (χ2v) is 9.01. The molecule has 0 N–H and O–H groups in total. The third kappa shape index (κ3) is 4.09. The third-order valence-electron chi connectivity index (χ3n) is 3.94. The molecule has 0 aliphatic carbocycles. The van der Waals surface area contributed by atoms with Crippen molar-refractivity contribution in [2.24, 2.45) is 5.92 Å². The molecule has 5 heteroatoms. The van der Waals surface area contributed by atoms with E-state index in [4.69, 9.17) is 0 Å². The van der Waals surface area contributed by atoms with Gasteiger partial charge in [0, 0.05) is 18.2 Å². The van der Waals surface area contributed by atoms with Crippen LogP contribution in [0.1, 0.15) is 41.8 Å². The maximum atomic E-state index is 12.9. The summed E-state index contributed by atoms with van der Waals surface area (Å²) in [6, 6.07) is 5.60. The van der Waals surface area contributed by atoms with Gasteiger partial charge in [-0.3, -0.25) is 4.79 Å². The Morgan fingerprint density at radius 1 is 1.23 bits per heavy atom. The molecule has 0 saturated carbocycles. The maximum absolute atomic E-state index is 12.9. The van der Waals surface area contributed by atoms with E-state index in [1.54, 1.807) is 4.90 Å². The Kier molecular flexibility index (Phi) is 4.95. The summed E-state index contributed by atoms with van der Waals surface area (Å²) in [5, 5.41) is 0. The van der Waals surface area contributed by atoms with Crippen molar-refractivity contribution in [3.8, 4) is 0 Å². The standard InChI is InChI=1S/C17H25NO3S/c1-12(2)10-18(16-5-6-22(20,21)11-16)17(19)15-8-13(3)7-14(4)9-15/h7-9,12,16H,5-6,10-11H2,1-4H3. The number of hydrogen-bond donors (Lipinski definition) is 0. The lowest BCUT2D eigenvalue weighted by Crippen LogP contribution is -2.43. The summed E-state index contributed by atoms with van der Waals surface area (Å²) in [4.78, 5) is 14.7. The number of carbonyl (C=O) groups is 1. The summed E-state index contributed by atoms with van der Waals surface area (Å²) < 4.78 is 23.5.